The van der Waals surface area contributed by atoms with Gasteiger partial charge in [0.05, 0.1) is 10.9 Å². The van der Waals surface area contributed by atoms with Gasteiger partial charge in [-0.2, -0.15) is 0 Å². The lowest BCUT2D eigenvalue weighted by molar-refractivity contribution is -0.133. The molecular weight excluding hydrogens is 366 g/mol. The molecule has 4 rings (SSSR count). The summed E-state index contributed by atoms with van der Waals surface area (Å²) in [5.41, 5.74) is 2.10. The number of carbonyl (C=O) groups excluding carboxylic acids is 1. The molecule has 2 fully saturated rings. The van der Waals surface area contributed by atoms with Crippen LogP contribution in [0.3, 0.4) is 0 Å². The molecule has 1 aromatic rings. The summed E-state index contributed by atoms with van der Waals surface area (Å²) in [5.74, 6) is 0.164. The second-order valence-electron chi connectivity index (χ2n) is 7.73. The van der Waals surface area contributed by atoms with E-state index in [-0.39, 0.29) is 28.9 Å². The van der Waals surface area contributed by atoms with Gasteiger partial charge in [-0.1, -0.05) is 6.07 Å². The second-order valence-corrected chi connectivity index (χ2v) is 9.29. The number of nitrogens with one attached hydrogen (secondary N) is 1. The van der Waals surface area contributed by atoms with Crippen molar-refractivity contribution in [2.24, 2.45) is 5.14 Å². The van der Waals surface area contributed by atoms with Crippen LogP contribution in [-0.2, 0) is 26.0 Å². The number of ether oxygens (including phenoxy) is 1. The van der Waals surface area contributed by atoms with Crippen LogP contribution in [0.2, 0.25) is 0 Å². The van der Waals surface area contributed by atoms with Crippen LogP contribution in [-0.4, -0.2) is 51.1 Å². The molecule has 3 N–H and O–H groups in total. The van der Waals surface area contributed by atoms with Gasteiger partial charge in [0, 0.05) is 31.8 Å². The zero-order chi connectivity index (χ0) is 19.0. The minimum absolute atomic E-state index is 0.0148. The molecule has 2 atom stereocenters. The number of fused-ring (bicyclic) bond motifs is 1. The van der Waals surface area contributed by atoms with Gasteiger partial charge in [0.1, 0.15) is 0 Å². The van der Waals surface area contributed by atoms with Gasteiger partial charge in [-0.15, -0.1) is 0 Å². The van der Waals surface area contributed by atoms with E-state index in [0.717, 1.165) is 69.4 Å². The molecule has 0 radical (unpaired) electrons. The molecule has 3 aliphatic rings. The molecule has 1 aliphatic carbocycles. The maximum Gasteiger partial charge on any atom is 0.240 e. The Morgan fingerprint density at radius 2 is 1.89 bits per heavy atom. The van der Waals surface area contributed by atoms with Crippen molar-refractivity contribution in [2.45, 2.75) is 61.5 Å². The number of nitrogens with zero attached hydrogens (tertiary/aromatic N) is 1. The maximum atomic E-state index is 12.9. The molecule has 148 valence electrons. The molecule has 8 heteroatoms. The second kappa shape index (κ2) is 7.50. The standard InChI is InChI=1S/C19H27N3O4S/c20-27(24,25)15-5-4-13-2-1-3-17(16(13)12-15)21-18-6-9-22(19(18)23)14-7-10-26-11-8-14/h4-5,12,14,17-18,21H,1-3,6-11H2,(H2,20,24,25). The highest BCUT2D eigenvalue weighted by Gasteiger charge is 2.38. The molecule has 2 heterocycles. The summed E-state index contributed by atoms with van der Waals surface area (Å²) in [5, 5.41) is 8.82. The van der Waals surface area contributed by atoms with Gasteiger partial charge < -0.3 is 9.64 Å². The van der Waals surface area contributed by atoms with Crippen molar-refractivity contribution in [1.29, 1.82) is 0 Å². The van der Waals surface area contributed by atoms with Crippen LogP contribution in [0.1, 0.15) is 49.3 Å². The summed E-state index contributed by atoms with van der Waals surface area (Å²) in [6, 6.07) is 5.17. The van der Waals surface area contributed by atoms with E-state index in [1.807, 2.05) is 11.0 Å². The fourth-order valence-electron chi connectivity index (χ4n) is 4.59. The Morgan fingerprint density at radius 3 is 2.63 bits per heavy atom. The molecule has 2 unspecified atom stereocenters. The van der Waals surface area contributed by atoms with Gasteiger partial charge in [-0.3, -0.25) is 10.1 Å². The van der Waals surface area contributed by atoms with Crippen molar-refractivity contribution in [3.63, 3.8) is 0 Å². The highest BCUT2D eigenvalue weighted by atomic mass is 32.2. The fourth-order valence-corrected chi connectivity index (χ4v) is 5.14. The van der Waals surface area contributed by atoms with Crippen molar-refractivity contribution < 1.29 is 17.9 Å². The third-order valence-electron chi connectivity index (χ3n) is 6.03. The first-order valence-electron chi connectivity index (χ1n) is 9.73. The first-order valence-corrected chi connectivity index (χ1v) is 11.3. The number of carbonyl (C=O) groups is 1. The van der Waals surface area contributed by atoms with Gasteiger partial charge >= 0.3 is 0 Å². The summed E-state index contributed by atoms with van der Waals surface area (Å²) in [6.07, 6.45) is 5.43. The van der Waals surface area contributed by atoms with E-state index >= 15 is 0 Å². The topological polar surface area (TPSA) is 102 Å². The van der Waals surface area contributed by atoms with Gasteiger partial charge in [0.2, 0.25) is 15.9 Å². The SMILES string of the molecule is NS(=O)(=O)c1ccc2c(c1)C(NC1CCN(C3CCOCC3)C1=O)CCC2. The number of likely N-dealkylation sites (tertiary alicyclic amines) is 1. The summed E-state index contributed by atoms with van der Waals surface area (Å²) in [6.45, 7) is 2.22. The quantitative estimate of drug-likeness (QED) is 0.797. The zero-order valence-electron chi connectivity index (χ0n) is 15.4. The van der Waals surface area contributed by atoms with Gasteiger partial charge in [0.25, 0.3) is 0 Å². The van der Waals surface area contributed by atoms with Crippen LogP contribution in [0.4, 0.5) is 0 Å². The molecule has 27 heavy (non-hydrogen) atoms. The lowest BCUT2D eigenvalue weighted by atomic mass is 9.87. The monoisotopic (exact) mass is 393 g/mol. The molecule has 2 aliphatic heterocycles. The van der Waals surface area contributed by atoms with Gasteiger partial charge in [0.15, 0.2) is 0 Å². The Kier molecular flexibility index (Phi) is 5.24. The number of rotatable bonds is 4. The first-order chi connectivity index (χ1) is 12.9. The lowest BCUT2D eigenvalue weighted by Gasteiger charge is -2.32. The van der Waals surface area contributed by atoms with Crippen molar-refractivity contribution in [2.75, 3.05) is 19.8 Å². The van der Waals surface area contributed by atoms with Crippen LogP contribution >= 0.6 is 0 Å². The summed E-state index contributed by atoms with van der Waals surface area (Å²) < 4.78 is 28.9. The number of amides is 1. The van der Waals surface area contributed by atoms with Crippen molar-refractivity contribution in [1.82, 2.24) is 10.2 Å². The van der Waals surface area contributed by atoms with E-state index in [9.17, 15) is 13.2 Å². The van der Waals surface area contributed by atoms with Crippen molar-refractivity contribution in [3.05, 3.63) is 29.3 Å². The Hall–Kier alpha value is -1.48. The van der Waals surface area contributed by atoms with Crippen LogP contribution in [0, 0.1) is 0 Å². The number of hydrogen-bond donors (Lipinski definition) is 2. The minimum Gasteiger partial charge on any atom is -0.381 e. The number of benzene rings is 1. The van der Waals surface area contributed by atoms with E-state index in [4.69, 9.17) is 9.88 Å². The Balaban J connectivity index is 1.50. The zero-order valence-corrected chi connectivity index (χ0v) is 16.2. The summed E-state index contributed by atoms with van der Waals surface area (Å²) in [4.78, 5) is 15.1. The van der Waals surface area contributed by atoms with E-state index < -0.39 is 10.0 Å². The fraction of sp³-hybridized carbons (Fsp3) is 0.632. The number of aryl methyl sites for hydroxylation is 1. The molecule has 0 aromatic heterocycles. The average Bonchev–Trinajstić information content (AvgIpc) is 3.02. The molecule has 1 amide bonds. The summed E-state index contributed by atoms with van der Waals surface area (Å²) >= 11 is 0. The number of sulfonamides is 1. The molecule has 0 bridgehead atoms. The van der Waals surface area contributed by atoms with Crippen LogP contribution in [0.15, 0.2) is 23.1 Å². The minimum atomic E-state index is -3.74. The third kappa shape index (κ3) is 3.89. The van der Waals surface area contributed by atoms with E-state index in [1.165, 1.54) is 0 Å². The van der Waals surface area contributed by atoms with Crippen LogP contribution in [0.25, 0.3) is 0 Å². The predicted molar refractivity (Wildman–Crippen MR) is 101 cm³/mol. The number of primary sulfonamides is 1. The molecule has 0 saturated carbocycles. The Morgan fingerprint density at radius 1 is 1.11 bits per heavy atom. The molecular formula is C19H27N3O4S. The van der Waals surface area contributed by atoms with Crippen LogP contribution in [0.5, 0.6) is 0 Å². The van der Waals surface area contributed by atoms with Crippen molar-refractivity contribution in [3.8, 4) is 0 Å². The normalized spacial score (nSPS) is 27.0. The number of nitrogens with two attached hydrogens (primary N) is 1. The Labute approximate surface area is 160 Å². The molecule has 1 aromatic carbocycles. The predicted octanol–water partition coefficient (Wildman–Crippen LogP) is 1.08. The molecule has 7 nitrogen and oxygen atoms in total. The highest BCUT2D eigenvalue weighted by molar-refractivity contribution is 7.89. The first kappa shape index (κ1) is 18.9. The van der Waals surface area contributed by atoms with Gasteiger partial charge in [-0.05, 0) is 61.8 Å². The number of hydrogen-bond acceptors (Lipinski definition) is 5. The summed E-state index contributed by atoms with van der Waals surface area (Å²) in [7, 11) is -3.74. The van der Waals surface area contributed by atoms with Crippen LogP contribution < -0.4 is 10.5 Å². The Bertz CT molecular complexity index is 820. The van der Waals surface area contributed by atoms with E-state index in [0.29, 0.717) is 0 Å². The van der Waals surface area contributed by atoms with Gasteiger partial charge in [-0.25, -0.2) is 13.6 Å². The largest absolute Gasteiger partial charge is 0.381 e. The smallest absolute Gasteiger partial charge is 0.240 e. The van der Waals surface area contributed by atoms with E-state index in [1.54, 1.807) is 12.1 Å². The average molecular weight is 394 g/mol. The van der Waals surface area contributed by atoms with Crippen molar-refractivity contribution >= 4 is 15.9 Å². The maximum absolute atomic E-state index is 12.9. The highest BCUT2D eigenvalue weighted by Crippen LogP contribution is 2.33. The lowest BCUT2D eigenvalue weighted by Crippen LogP contribution is -2.45. The van der Waals surface area contributed by atoms with E-state index in [2.05, 4.69) is 5.32 Å². The molecule has 2 saturated heterocycles. The molecule has 0 spiro atoms. The third-order valence-corrected chi connectivity index (χ3v) is 6.95.